The van der Waals surface area contributed by atoms with Crippen molar-refractivity contribution in [2.24, 2.45) is 0 Å². The molecule has 0 aliphatic rings. The number of nitrogens with zero attached hydrogens (tertiary/aromatic N) is 2. The van der Waals surface area contributed by atoms with Crippen molar-refractivity contribution in [3.63, 3.8) is 0 Å². The van der Waals surface area contributed by atoms with Crippen LogP contribution in [-0.4, -0.2) is 17.9 Å². The molecule has 1 aromatic heterocycles. The highest BCUT2D eigenvalue weighted by Gasteiger charge is 2.10. The minimum atomic E-state index is 0.0770. The van der Waals surface area contributed by atoms with Crippen molar-refractivity contribution in [3.05, 3.63) is 59.8 Å². The molecular formula is C18H18N2O. The molecule has 1 aromatic carbocycles. The summed E-state index contributed by atoms with van der Waals surface area (Å²) >= 11 is 0. The minimum absolute atomic E-state index is 0.0770. The lowest BCUT2D eigenvalue weighted by Crippen LogP contribution is -2.26. The number of hydrogen-bond acceptors (Lipinski definition) is 2. The van der Waals surface area contributed by atoms with Gasteiger partial charge in [0.05, 0.1) is 0 Å². The largest absolute Gasteiger partial charge is 0.300 e. The molecular weight excluding hydrogens is 260 g/mol. The zero-order valence-corrected chi connectivity index (χ0v) is 12.3. The van der Waals surface area contributed by atoms with Crippen LogP contribution in [0.15, 0.2) is 48.7 Å². The summed E-state index contributed by atoms with van der Waals surface area (Å²) in [6, 6.07) is 13.5. The maximum Gasteiger partial charge on any atom is 0.227 e. The first kappa shape index (κ1) is 14.8. The van der Waals surface area contributed by atoms with Crippen LogP contribution in [-0.2, 0) is 4.79 Å². The van der Waals surface area contributed by atoms with Crippen LogP contribution in [0.25, 0.3) is 0 Å². The molecule has 3 heteroatoms. The van der Waals surface area contributed by atoms with Crippen molar-refractivity contribution in [2.75, 3.05) is 11.9 Å². The molecule has 1 amide bonds. The van der Waals surface area contributed by atoms with Gasteiger partial charge in [0.2, 0.25) is 5.91 Å². The monoisotopic (exact) mass is 278 g/mol. The lowest BCUT2D eigenvalue weighted by atomic mass is 10.2. The number of anilines is 1. The van der Waals surface area contributed by atoms with E-state index in [1.54, 1.807) is 18.1 Å². The number of pyridine rings is 1. The number of benzene rings is 1. The predicted molar refractivity (Wildman–Crippen MR) is 85.0 cm³/mol. The van der Waals surface area contributed by atoms with Crippen LogP contribution in [0.1, 0.15) is 30.9 Å². The fourth-order valence-electron chi connectivity index (χ4n) is 1.83. The molecule has 21 heavy (non-hydrogen) atoms. The van der Waals surface area contributed by atoms with Crippen molar-refractivity contribution >= 4 is 11.7 Å². The standard InChI is InChI=1S/C18H18N2O/c1-3-7-18(21)20(2)17-13-12-16(14-19-17)11-10-15-8-5-4-6-9-15/h4-6,8-9,12-14H,3,7H2,1-2H3. The first-order chi connectivity index (χ1) is 10.2. The molecule has 0 saturated heterocycles. The third kappa shape index (κ3) is 4.19. The highest BCUT2D eigenvalue weighted by Crippen LogP contribution is 2.11. The van der Waals surface area contributed by atoms with Gasteiger partial charge in [-0.3, -0.25) is 9.69 Å². The van der Waals surface area contributed by atoms with Crippen molar-refractivity contribution in [1.82, 2.24) is 4.98 Å². The van der Waals surface area contributed by atoms with Crippen LogP contribution in [0.3, 0.4) is 0 Å². The van der Waals surface area contributed by atoms with Crippen LogP contribution in [0.2, 0.25) is 0 Å². The Balaban J connectivity index is 2.09. The molecule has 0 radical (unpaired) electrons. The average Bonchev–Trinajstić information content (AvgIpc) is 2.54. The van der Waals surface area contributed by atoms with Gasteiger partial charge in [-0.1, -0.05) is 37.0 Å². The second-order valence-corrected chi connectivity index (χ2v) is 4.72. The van der Waals surface area contributed by atoms with E-state index >= 15 is 0 Å². The molecule has 0 unspecified atom stereocenters. The lowest BCUT2D eigenvalue weighted by Gasteiger charge is -2.15. The number of carbonyl (C=O) groups excluding carboxylic acids is 1. The Morgan fingerprint density at radius 2 is 1.81 bits per heavy atom. The fraction of sp³-hybridized carbons (Fsp3) is 0.222. The van der Waals surface area contributed by atoms with E-state index in [1.807, 2.05) is 49.4 Å². The van der Waals surface area contributed by atoms with E-state index in [1.165, 1.54) is 0 Å². The topological polar surface area (TPSA) is 33.2 Å². The van der Waals surface area contributed by atoms with E-state index in [4.69, 9.17) is 0 Å². The number of amides is 1. The number of hydrogen-bond donors (Lipinski definition) is 0. The Labute approximate surface area is 125 Å². The minimum Gasteiger partial charge on any atom is -0.300 e. The van der Waals surface area contributed by atoms with Gasteiger partial charge in [-0.25, -0.2) is 4.98 Å². The molecule has 3 nitrogen and oxygen atoms in total. The molecule has 0 aliphatic heterocycles. The van der Waals surface area contributed by atoms with Gasteiger partial charge in [0.25, 0.3) is 0 Å². The van der Waals surface area contributed by atoms with Gasteiger partial charge in [0.1, 0.15) is 5.82 Å². The first-order valence-electron chi connectivity index (χ1n) is 7.00. The van der Waals surface area contributed by atoms with Crippen LogP contribution in [0, 0.1) is 11.8 Å². The van der Waals surface area contributed by atoms with Gasteiger partial charge in [0.15, 0.2) is 0 Å². The van der Waals surface area contributed by atoms with Gasteiger partial charge < -0.3 is 0 Å². The Hall–Kier alpha value is -2.60. The normalized spacial score (nSPS) is 9.62. The van der Waals surface area contributed by atoms with Crippen LogP contribution < -0.4 is 4.90 Å². The smallest absolute Gasteiger partial charge is 0.227 e. The summed E-state index contributed by atoms with van der Waals surface area (Å²) in [7, 11) is 1.75. The summed E-state index contributed by atoms with van der Waals surface area (Å²) in [5.74, 6) is 6.88. The Kier molecular flexibility index (Phi) is 5.11. The number of carbonyl (C=O) groups is 1. The predicted octanol–water partition coefficient (Wildman–Crippen LogP) is 3.24. The summed E-state index contributed by atoms with van der Waals surface area (Å²) in [5.41, 5.74) is 1.80. The molecule has 106 valence electrons. The molecule has 2 rings (SSSR count). The molecule has 1 heterocycles. The zero-order chi connectivity index (χ0) is 15.1. The van der Waals surface area contributed by atoms with Crippen molar-refractivity contribution in [3.8, 4) is 11.8 Å². The molecule has 0 N–H and O–H groups in total. The van der Waals surface area contributed by atoms with E-state index in [2.05, 4.69) is 16.8 Å². The average molecular weight is 278 g/mol. The van der Waals surface area contributed by atoms with Crippen molar-refractivity contribution < 1.29 is 4.79 Å². The van der Waals surface area contributed by atoms with Crippen LogP contribution in [0.4, 0.5) is 5.82 Å². The second-order valence-electron chi connectivity index (χ2n) is 4.72. The second kappa shape index (κ2) is 7.25. The van der Waals surface area contributed by atoms with Crippen LogP contribution in [0.5, 0.6) is 0 Å². The molecule has 2 aromatic rings. The Bertz CT molecular complexity index is 651. The van der Waals surface area contributed by atoms with E-state index in [9.17, 15) is 4.79 Å². The summed E-state index contributed by atoms with van der Waals surface area (Å²) < 4.78 is 0. The number of aromatic nitrogens is 1. The SMILES string of the molecule is CCCC(=O)N(C)c1ccc(C#Cc2ccccc2)cn1. The van der Waals surface area contributed by atoms with Crippen molar-refractivity contribution in [2.45, 2.75) is 19.8 Å². The van der Waals surface area contributed by atoms with Crippen LogP contribution >= 0.6 is 0 Å². The van der Waals surface area contributed by atoms with E-state index in [0.29, 0.717) is 12.2 Å². The zero-order valence-electron chi connectivity index (χ0n) is 12.3. The Morgan fingerprint density at radius 3 is 2.43 bits per heavy atom. The van der Waals surface area contributed by atoms with Gasteiger partial charge in [0, 0.05) is 30.8 Å². The van der Waals surface area contributed by atoms with E-state index in [0.717, 1.165) is 17.5 Å². The quantitative estimate of drug-likeness (QED) is 0.807. The van der Waals surface area contributed by atoms with Gasteiger partial charge in [-0.2, -0.15) is 0 Å². The Morgan fingerprint density at radius 1 is 1.10 bits per heavy atom. The number of rotatable bonds is 3. The van der Waals surface area contributed by atoms with E-state index < -0.39 is 0 Å². The summed E-state index contributed by atoms with van der Waals surface area (Å²) in [5, 5.41) is 0. The van der Waals surface area contributed by atoms with Gasteiger partial charge >= 0.3 is 0 Å². The summed E-state index contributed by atoms with van der Waals surface area (Å²) in [6.45, 7) is 1.99. The van der Waals surface area contributed by atoms with Gasteiger partial charge in [-0.05, 0) is 30.7 Å². The third-order valence-electron chi connectivity index (χ3n) is 3.05. The molecule has 0 aliphatic carbocycles. The van der Waals surface area contributed by atoms with E-state index in [-0.39, 0.29) is 5.91 Å². The molecule has 0 bridgehead atoms. The maximum absolute atomic E-state index is 11.8. The fourth-order valence-corrected chi connectivity index (χ4v) is 1.83. The highest BCUT2D eigenvalue weighted by atomic mass is 16.2. The first-order valence-corrected chi connectivity index (χ1v) is 7.00. The summed E-state index contributed by atoms with van der Waals surface area (Å²) in [4.78, 5) is 17.7. The summed E-state index contributed by atoms with van der Waals surface area (Å²) in [6.07, 6.45) is 3.07. The molecule has 0 saturated carbocycles. The third-order valence-corrected chi connectivity index (χ3v) is 3.05. The maximum atomic E-state index is 11.8. The molecule has 0 atom stereocenters. The highest BCUT2D eigenvalue weighted by molar-refractivity contribution is 5.91. The molecule has 0 spiro atoms. The van der Waals surface area contributed by atoms with Gasteiger partial charge in [-0.15, -0.1) is 0 Å². The molecule has 0 fully saturated rings. The van der Waals surface area contributed by atoms with Crippen molar-refractivity contribution in [1.29, 1.82) is 0 Å². The lowest BCUT2D eigenvalue weighted by molar-refractivity contribution is -0.118.